The summed E-state index contributed by atoms with van der Waals surface area (Å²) in [5.41, 5.74) is 3.24. The molecule has 1 amide bonds. The first-order valence-corrected chi connectivity index (χ1v) is 14.3. The van der Waals surface area contributed by atoms with E-state index < -0.39 is 6.04 Å². The number of hydrogen-bond donors (Lipinski definition) is 1. The van der Waals surface area contributed by atoms with Crippen LogP contribution >= 0.6 is 23.1 Å². The number of para-hydroxylation sites is 1. The van der Waals surface area contributed by atoms with Gasteiger partial charge in [-0.2, -0.15) is 0 Å². The topological polar surface area (TPSA) is 72.7 Å². The molecule has 3 aromatic carbocycles. The van der Waals surface area contributed by atoms with E-state index in [4.69, 9.17) is 9.73 Å². The van der Waals surface area contributed by atoms with Gasteiger partial charge in [0.2, 0.25) is 0 Å². The highest BCUT2D eigenvalue weighted by Gasteiger charge is 2.32. The minimum Gasteiger partial charge on any atom is -0.494 e. The fourth-order valence-corrected chi connectivity index (χ4v) is 5.87. The van der Waals surface area contributed by atoms with E-state index in [9.17, 15) is 9.59 Å². The largest absolute Gasteiger partial charge is 0.494 e. The first kappa shape index (κ1) is 25.8. The van der Waals surface area contributed by atoms with Crippen molar-refractivity contribution in [1.29, 1.82) is 0 Å². The zero-order valence-corrected chi connectivity index (χ0v) is 22.9. The van der Waals surface area contributed by atoms with Crippen LogP contribution in [0.15, 0.2) is 105 Å². The molecule has 38 heavy (non-hydrogen) atoms. The van der Waals surface area contributed by atoms with Gasteiger partial charge in [0.25, 0.3) is 11.5 Å². The van der Waals surface area contributed by atoms with Crippen molar-refractivity contribution in [3.05, 3.63) is 121 Å². The van der Waals surface area contributed by atoms with E-state index in [1.54, 1.807) is 16.3 Å². The lowest BCUT2D eigenvalue weighted by Gasteiger charge is -2.25. The molecule has 2 heterocycles. The van der Waals surface area contributed by atoms with Gasteiger partial charge in [-0.25, -0.2) is 4.99 Å². The second-order valence-corrected chi connectivity index (χ2v) is 10.6. The third-order valence-electron chi connectivity index (χ3n) is 6.22. The van der Waals surface area contributed by atoms with Crippen molar-refractivity contribution < 1.29 is 9.53 Å². The van der Waals surface area contributed by atoms with E-state index >= 15 is 0 Å². The number of nitrogens with zero attached hydrogens (tertiary/aromatic N) is 2. The van der Waals surface area contributed by atoms with Crippen LogP contribution in [-0.2, 0) is 4.79 Å². The Hall–Kier alpha value is -3.88. The van der Waals surface area contributed by atoms with Gasteiger partial charge in [-0.05, 0) is 73.7 Å². The molecule has 0 radical (unpaired) electrons. The molecule has 1 N–H and O–H groups in total. The molecular weight excluding hydrogens is 514 g/mol. The molecule has 6 nitrogen and oxygen atoms in total. The van der Waals surface area contributed by atoms with Crippen LogP contribution in [0.5, 0.6) is 5.75 Å². The quantitative estimate of drug-likeness (QED) is 0.335. The number of rotatable bonds is 7. The Balaban J connectivity index is 1.64. The van der Waals surface area contributed by atoms with Crippen LogP contribution in [0.1, 0.15) is 31.0 Å². The molecule has 1 aromatic heterocycles. The summed E-state index contributed by atoms with van der Waals surface area (Å²) in [4.78, 5) is 33.9. The monoisotopic (exact) mass is 541 g/mol. The molecule has 192 valence electrons. The number of aromatic nitrogens is 1. The summed E-state index contributed by atoms with van der Waals surface area (Å²) in [5, 5.41) is 2.98. The molecule has 0 unspecified atom stereocenters. The zero-order chi connectivity index (χ0) is 26.6. The normalized spacial score (nSPS) is 15.1. The lowest BCUT2D eigenvalue weighted by Crippen LogP contribution is -2.40. The molecule has 8 heteroatoms. The van der Waals surface area contributed by atoms with Crippen LogP contribution in [-0.4, -0.2) is 23.3 Å². The van der Waals surface area contributed by atoms with Crippen LogP contribution in [0.4, 0.5) is 5.69 Å². The fraction of sp³-hybridized carbons (Fsp3) is 0.167. The number of carbonyl (C=O) groups is 1. The van der Waals surface area contributed by atoms with Crippen LogP contribution in [0.25, 0.3) is 6.08 Å². The number of ether oxygens (including phenoxy) is 1. The molecule has 0 aliphatic carbocycles. The maximum atomic E-state index is 13.8. The summed E-state index contributed by atoms with van der Waals surface area (Å²) in [5.74, 6) is 0.437. The number of amides is 1. The van der Waals surface area contributed by atoms with E-state index in [2.05, 4.69) is 5.32 Å². The first-order chi connectivity index (χ1) is 18.5. The molecule has 4 aromatic rings. The summed E-state index contributed by atoms with van der Waals surface area (Å²) in [6.45, 7) is 4.30. The Bertz CT molecular complexity index is 1670. The van der Waals surface area contributed by atoms with Crippen LogP contribution in [0.2, 0.25) is 0 Å². The van der Waals surface area contributed by atoms with Gasteiger partial charge in [0.05, 0.1) is 28.5 Å². The predicted octanol–water partition coefficient (Wildman–Crippen LogP) is 4.99. The number of anilines is 1. The number of carbonyl (C=O) groups excluding carboxylic acids is 1. The standard InChI is InChI=1S/C30H27N3O3S2/c1-4-36-23-14-12-21(13-15-23)27-26(28(34)32-22-8-6-5-7-9-22)19(2)31-30-33(27)29(35)25(38-30)18-20-10-16-24(37-3)17-11-20/h5-18,27H,4H2,1-3H3,(H,32,34)/b25-18-/t27-/m0/s1. The van der Waals surface area contributed by atoms with Gasteiger partial charge in [-0.15, -0.1) is 11.8 Å². The molecule has 0 saturated heterocycles. The lowest BCUT2D eigenvalue weighted by atomic mass is 9.95. The number of nitrogens with one attached hydrogen (secondary N) is 1. The summed E-state index contributed by atoms with van der Waals surface area (Å²) < 4.78 is 7.82. The predicted molar refractivity (Wildman–Crippen MR) is 155 cm³/mol. The summed E-state index contributed by atoms with van der Waals surface area (Å²) >= 11 is 3.00. The number of thiazole rings is 1. The Morgan fingerprint density at radius 3 is 2.45 bits per heavy atom. The Labute approximate surface area is 229 Å². The highest BCUT2D eigenvalue weighted by atomic mass is 32.2. The summed E-state index contributed by atoms with van der Waals surface area (Å²) in [7, 11) is 0. The van der Waals surface area contributed by atoms with E-state index in [0.29, 0.717) is 32.9 Å². The van der Waals surface area contributed by atoms with Crippen molar-refractivity contribution in [2.45, 2.75) is 24.8 Å². The van der Waals surface area contributed by atoms with Gasteiger partial charge < -0.3 is 10.1 Å². The minimum absolute atomic E-state index is 0.181. The van der Waals surface area contributed by atoms with Gasteiger partial charge in [0, 0.05) is 10.6 Å². The van der Waals surface area contributed by atoms with Crippen LogP contribution in [0, 0.1) is 0 Å². The molecule has 1 aliphatic rings. The summed E-state index contributed by atoms with van der Waals surface area (Å²) in [6, 6.07) is 24.2. The van der Waals surface area contributed by atoms with Gasteiger partial charge in [-0.3, -0.25) is 14.2 Å². The van der Waals surface area contributed by atoms with Crippen LogP contribution in [0.3, 0.4) is 0 Å². The van der Waals surface area contributed by atoms with Gasteiger partial charge in [0.1, 0.15) is 5.75 Å². The number of hydrogen-bond acceptors (Lipinski definition) is 6. The van der Waals surface area contributed by atoms with Crippen molar-refractivity contribution in [3.8, 4) is 5.75 Å². The van der Waals surface area contributed by atoms with E-state index in [1.165, 1.54) is 11.3 Å². The zero-order valence-electron chi connectivity index (χ0n) is 21.3. The Kier molecular flexibility index (Phi) is 7.62. The van der Waals surface area contributed by atoms with Gasteiger partial charge >= 0.3 is 0 Å². The average Bonchev–Trinajstić information content (AvgIpc) is 3.23. The average molecular weight is 542 g/mol. The van der Waals surface area contributed by atoms with Crippen molar-refractivity contribution in [2.75, 3.05) is 18.2 Å². The Morgan fingerprint density at radius 2 is 1.79 bits per heavy atom. The first-order valence-electron chi connectivity index (χ1n) is 12.2. The molecule has 1 aliphatic heterocycles. The molecule has 0 saturated carbocycles. The van der Waals surface area contributed by atoms with Gasteiger partial charge in [-0.1, -0.05) is 53.8 Å². The van der Waals surface area contributed by atoms with Gasteiger partial charge in [0.15, 0.2) is 4.80 Å². The SMILES string of the molecule is CCOc1ccc([C@H]2C(C(=O)Nc3ccccc3)=C(C)N=c3s/c(=C\c4ccc(SC)cc4)c(=O)n32)cc1. The number of benzene rings is 3. The summed E-state index contributed by atoms with van der Waals surface area (Å²) in [6.07, 6.45) is 3.91. The third-order valence-corrected chi connectivity index (χ3v) is 7.94. The number of thioether (sulfide) groups is 1. The second-order valence-electron chi connectivity index (χ2n) is 8.68. The van der Waals surface area contributed by atoms with Crippen LogP contribution < -0.4 is 24.9 Å². The second kappa shape index (κ2) is 11.2. The van der Waals surface area contributed by atoms with E-state index in [0.717, 1.165) is 21.8 Å². The molecule has 1 atom stereocenters. The van der Waals surface area contributed by atoms with Crippen molar-refractivity contribution in [2.24, 2.45) is 4.99 Å². The molecule has 0 fully saturated rings. The maximum absolute atomic E-state index is 13.8. The fourth-order valence-electron chi connectivity index (χ4n) is 4.41. The highest BCUT2D eigenvalue weighted by molar-refractivity contribution is 7.98. The number of allylic oxidation sites excluding steroid dienone is 1. The molecule has 0 bridgehead atoms. The molecular formula is C30H27N3O3S2. The van der Waals surface area contributed by atoms with Crippen molar-refractivity contribution in [1.82, 2.24) is 4.57 Å². The number of fused-ring (bicyclic) bond motifs is 1. The minimum atomic E-state index is -0.633. The highest BCUT2D eigenvalue weighted by Crippen LogP contribution is 2.31. The van der Waals surface area contributed by atoms with E-state index in [-0.39, 0.29) is 11.5 Å². The molecule has 5 rings (SSSR count). The lowest BCUT2D eigenvalue weighted by molar-refractivity contribution is -0.113. The smallest absolute Gasteiger partial charge is 0.271 e. The van der Waals surface area contributed by atoms with Crippen molar-refractivity contribution in [3.63, 3.8) is 0 Å². The molecule has 0 spiro atoms. The Morgan fingerprint density at radius 1 is 1.08 bits per heavy atom. The maximum Gasteiger partial charge on any atom is 0.271 e. The van der Waals surface area contributed by atoms with Crippen molar-refractivity contribution >= 4 is 40.8 Å². The third kappa shape index (κ3) is 5.23. The van der Waals surface area contributed by atoms with E-state index in [1.807, 2.05) is 105 Å².